The number of nitrogens with zero attached hydrogens (tertiary/aromatic N) is 3. The first-order chi connectivity index (χ1) is 6.71. The van der Waals surface area contributed by atoms with E-state index in [4.69, 9.17) is 11.5 Å². The largest absolute Gasteiger partial charge is 0.384 e. The highest BCUT2D eigenvalue weighted by atomic mass is 15.3. The zero-order chi connectivity index (χ0) is 10.0. The second-order valence-corrected chi connectivity index (χ2v) is 2.85. The van der Waals surface area contributed by atoms with Crippen molar-refractivity contribution in [3.8, 4) is 0 Å². The van der Waals surface area contributed by atoms with Gasteiger partial charge in [0.15, 0.2) is 5.82 Å². The second kappa shape index (κ2) is 3.08. The maximum Gasteiger partial charge on any atom is 0.244 e. The minimum absolute atomic E-state index is 0.345. The van der Waals surface area contributed by atoms with Crippen LogP contribution in [-0.2, 0) is 5.79 Å². The molecule has 6 nitrogen and oxygen atoms in total. The van der Waals surface area contributed by atoms with E-state index in [-0.39, 0.29) is 0 Å². The van der Waals surface area contributed by atoms with Crippen molar-refractivity contribution >= 4 is 12.0 Å². The smallest absolute Gasteiger partial charge is 0.244 e. The Hall–Kier alpha value is -1.95. The van der Waals surface area contributed by atoms with Crippen LogP contribution in [0, 0.1) is 0 Å². The zero-order valence-corrected chi connectivity index (χ0v) is 7.38. The number of allylic oxidation sites excluding steroid dienone is 1. The monoisotopic (exact) mass is 190 g/mol. The molecular formula is C8H10N6. The van der Waals surface area contributed by atoms with Crippen LogP contribution in [0.5, 0.6) is 0 Å². The Labute approximate surface area is 80.8 Å². The maximum atomic E-state index is 5.91. The summed E-state index contributed by atoms with van der Waals surface area (Å²) in [5, 5.41) is 2.86. The van der Waals surface area contributed by atoms with E-state index >= 15 is 0 Å². The fourth-order valence-corrected chi connectivity index (χ4v) is 1.09. The molecule has 1 unspecified atom stereocenters. The van der Waals surface area contributed by atoms with E-state index in [1.165, 1.54) is 0 Å². The van der Waals surface area contributed by atoms with Gasteiger partial charge in [0.2, 0.25) is 5.79 Å². The van der Waals surface area contributed by atoms with Crippen molar-refractivity contribution in [3.63, 3.8) is 0 Å². The van der Waals surface area contributed by atoms with Gasteiger partial charge in [-0.05, 0) is 12.1 Å². The van der Waals surface area contributed by atoms with Crippen LogP contribution in [0.4, 0.5) is 5.82 Å². The number of nitrogens with one attached hydrogen (secondary N) is 1. The van der Waals surface area contributed by atoms with Gasteiger partial charge in [-0.15, -0.1) is 0 Å². The third-order valence-corrected chi connectivity index (χ3v) is 1.78. The van der Waals surface area contributed by atoms with Gasteiger partial charge in [-0.3, -0.25) is 5.73 Å². The van der Waals surface area contributed by atoms with Crippen molar-refractivity contribution in [1.29, 1.82) is 0 Å². The zero-order valence-electron chi connectivity index (χ0n) is 7.38. The van der Waals surface area contributed by atoms with Gasteiger partial charge in [0, 0.05) is 18.6 Å². The quantitative estimate of drug-likeness (QED) is 0.544. The first-order valence-electron chi connectivity index (χ1n) is 4.07. The third kappa shape index (κ3) is 1.42. The topological polar surface area (TPSA) is 102 Å². The molecule has 2 rings (SSSR count). The number of aromatic nitrogens is 2. The highest BCUT2D eigenvalue weighted by molar-refractivity contribution is 5.72. The van der Waals surface area contributed by atoms with Gasteiger partial charge in [0.05, 0.1) is 0 Å². The molecule has 72 valence electrons. The summed E-state index contributed by atoms with van der Waals surface area (Å²) in [6.45, 7) is 0. The number of aliphatic imine (C=N–C) groups is 1. The van der Waals surface area contributed by atoms with E-state index in [1.807, 2.05) is 0 Å². The fourth-order valence-electron chi connectivity index (χ4n) is 1.09. The molecule has 0 aliphatic carbocycles. The van der Waals surface area contributed by atoms with Gasteiger partial charge in [0.25, 0.3) is 0 Å². The molecular weight excluding hydrogens is 180 g/mol. The van der Waals surface area contributed by atoms with Crippen LogP contribution in [0.2, 0.25) is 0 Å². The van der Waals surface area contributed by atoms with Crippen molar-refractivity contribution in [2.75, 3.05) is 5.73 Å². The molecule has 0 radical (unpaired) electrons. The van der Waals surface area contributed by atoms with Gasteiger partial charge < -0.3 is 11.1 Å². The molecule has 2 heterocycles. The standard InChI is InChI=1S/C8H10N6/c9-6-2-5-11-7(14-6)8(10)12-3-1-4-13-8/h1-5,12H,10H2,(H2,9,11,14). The van der Waals surface area contributed by atoms with E-state index in [1.54, 1.807) is 30.8 Å². The van der Waals surface area contributed by atoms with Gasteiger partial charge in [-0.25, -0.2) is 15.0 Å². The number of anilines is 1. The Morgan fingerprint density at radius 1 is 1.43 bits per heavy atom. The molecule has 6 heteroatoms. The third-order valence-electron chi connectivity index (χ3n) is 1.78. The van der Waals surface area contributed by atoms with Crippen molar-refractivity contribution < 1.29 is 0 Å². The number of rotatable bonds is 1. The van der Waals surface area contributed by atoms with E-state index in [0.717, 1.165) is 0 Å². The molecule has 1 aromatic rings. The van der Waals surface area contributed by atoms with Gasteiger partial charge in [-0.2, -0.15) is 0 Å². The van der Waals surface area contributed by atoms with E-state index < -0.39 is 5.79 Å². The summed E-state index contributed by atoms with van der Waals surface area (Å²) in [7, 11) is 0. The van der Waals surface area contributed by atoms with E-state index in [0.29, 0.717) is 11.6 Å². The Kier molecular flexibility index (Phi) is 1.90. The molecule has 0 spiro atoms. The van der Waals surface area contributed by atoms with Crippen LogP contribution < -0.4 is 16.8 Å². The van der Waals surface area contributed by atoms with Crippen LogP contribution in [0.15, 0.2) is 29.5 Å². The van der Waals surface area contributed by atoms with Crippen molar-refractivity contribution in [1.82, 2.24) is 15.3 Å². The minimum atomic E-state index is -1.11. The van der Waals surface area contributed by atoms with Crippen LogP contribution in [0.25, 0.3) is 0 Å². The van der Waals surface area contributed by atoms with Crippen molar-refractivity contribution in [2.45, 2.75) is 5.79 Å². The van der Waals surface area contributed by atoms with E-state index in [9.17, 15) is 0 Å². The SMILES string of the molecule is Nc1ccnc(C2(N)N=CC=CN2)n1. The number of nitrogen functional groups attached to an aromatic ring is 1. The highest BCUT2D eigenvalue weighted by Gasteiger charge is 2.28. The van der Waals surface area contributed by atoms with Crippen LogP contribution in [0.3, 0.4) is 0 Å². The lowest BCUT2D eigenvalue weighted by Crippen LogP contribution is -2.49. The Bertz CT molecular complexity index is 399. The van der Waals surface area contributed by atoms with E-state index in [2.05, 4.69) is 20.3 Å². The average molecular weight is 190 g/mol. The summed E-state index contributed by atoms with van der Waals surface area (Å²) >= 11 is 0. The summed E-state index contributed by atoms with van der Waals surface area (Å²) in [6.07, 6.45) is 6.54. The molecule has 1 aromatic heterocycles. The van der Waals surface area contributed by atoms with Gasteiger partial charge in [-0.1, -0.05) is 0 Å². The average Bonchev–Trinajstić information content (AvgIpc) is 2.19. The highest BCUT2D eigenvalue weighted by Crippen LogP contribution is 2.14. The molecule has 1 aliphatic heterocycles. The van der Waals surface area contributed by atoms with Gasteiger partial charge >= 0.3 is 0 Å². The fraction of sp³-hybridized carbons (Fsp3) is 0.125. The minimum Gasteiger partial charge on any atom is -0.384 e. The summed E-state index contributed by atoms with van der Waals surface area (Å²) in [5.41, 5.74) is 11.4. The number of nitrogens with two attached hydrogens (primary N) is 2. The molecule has 0 fully saturated rings. The normalized spacial score (nSPS) is 24.6. The molecule has 0 amide bonds. The second-order valence-electron chi connectivity index (χ2n) is 2.85. The molecule has 5 N–H and O–H groups in total. The van der Waals surface area contributed by atoms with Crippen LogP contribution in [-0.4, -0.2) is 16.2 Å². The summed E-state index contributed by atoms with van der Waals surface area (Å²) in [5.74, 6) is -0.395. The molecule has 14 heavy (non-hydrogen) atoms. The molecule has 0 aromatic carbocycles. The molecule has 1 atom stereocenters. The first kappa shape index (κ1) is 8.64. The Balaban J connectivity index is 2.39. The molecule has 0 saturated heterocycles. The summed E-state index contributed by atoms with van der Waals surface area (Å²) in [6, 6.07) is 1.59. The lowest BCUT2D eigenvalue weighted by atomic mass is 10.3. The number of hydrogen-bond donors (Lipinski definition) is 3. The Morgan fingerprint density at radius 2 is 2.29 bits per heavy atom. The Morgan fingerprint density at radius 3 is 2.93 bits per heavy atom. The van der Waals surface area contributed by atoms with Gasteiger partial charge in [0.1, 0.15) is 5.82 Å². The molecule has 0 bridgehead atoms. The maximum absolute atomic E-state index is 5.91. The number of hydrogen-bond acceptors (Lipinski definition) is 6. The first-order valence-corrected chi connectivity index (χ1v) is 4.07. The summed E-state index contributed by atoms with van der Waals surface area (Å²) < 4.78 is 0. The van der Waals surface area contributed by atoms with Crippen molar-refractivity contribution in [3.05, 3.63) is 30.4 Å². The molecule has 0 saturated carbocycles. The molecule has 1 aliphatic rings. The van der Waals surface area contributed by atoms with Crippen LogP contribution >= 0.6 is 0 Å². The lowest BCUT2D eigenvalue weighted by Gasteiger charge is -2.25. The summed E-state index contributed by atoms with van der Waals surface area (Å²) in [4.78, 5) is 12.1. The van der Waals surface area contributed by atoms with Crippen LogP contribution in [0.1, 0.15) is 5.82 Å². The predicted octanol–water partition coefficient (Wildman–Crippen LogP) is -0.685. The lowest BCUT2D eigenvalue weighted by molar-refractivity contribution is 0.386. The van der Waals surface area contributed by atoms with Crippen molar-refractivity contribution in [2.24, 2.45) is 10.7 Å². The predicted molar refractivity (Wildman–Crippen MR) is 53.1 cm³/mol.